The van der Waals surface area contributed by atoms with Crippen LogP contribution in [0.1, 0.15) is 32.3 Å². The standard InChI is InChI=1S/C14H20F2NO2P/c1-3-10-8-14(10,17)20(18,19-4-2)9-11-12(15)6-5-7-13(11)16/h5-7,10H,3-4,8-9,17H2,1-2H3/t10-,14+,20?/m1/s1. The van der Waals surface area contributed by atoms with Gasteiger partial charge in [-0.05, 0) is 31.4 Å². The third-order valence-electron chi connectivity index (χ3n) is 4.01. The van der Waals surface area contributed by atoms with Crippen LogP contribution < -0.4 is 5.73 Å². The lowest BCUT2D eigenvalue weighted by Gasteiger charge is -2.25. The highest BCUT2D eigenvalue weighted by atomic mass is 31.2. The molecule has 1 aliphatic carbocycles. The second-order valence-electron chi connectivity index (χ2n) is 5.25. The van der Waals surface area contributed by atoms with Crippen molar-refractivity contribution >= 4 is 7.37 Å². The van der Waals surface area contributed by atoms with Gasteiger partial charge in [-0.15, -0.1) is 0 Å². The highest BCUT2D eigenvalue weighted by molar-refractivity contribution is 7.60. The van der Waals surface area contributed by atoms with E-state index in [1.807, 2.05) is 6.92 Å². The third-order valence-corrected chi connectivity index (χ3v) is 7.24. The fourth-order valence-electron chi connectivity index (χ4n) is 2.66. The molecule has 0 amide bonds. The van der Waals surface area contributed by atoms with Crippen LogP contribution in [0.3, 0.4) is 0 Å². The molecule has 1 fully saturated rings. The summed E-state index contributed by atoms with van der Waals surface area (Å²) in [6.45, 7) is 3.87. The first-order valence-electron chi connectivity index (χ1n) is 6.83. The molecular weight excluding hydrogens is 283 g/mol. The van der Waals surface area contributed by atoms with E-state index in [2.05, 4.69) is 0 Å². The summed E-state index contributed by atoms with van der Waals surface area (Å²) in [6, 6.07) is 3.59. The van der Waals surface area contributed by atoms with Gasteiger partial charge in [-0.25, -0.2) is 8.78 Å². The van der Waals surface area contributed by atoms with Crippen molar-refractivity contribution < 1.29 is 17.9 Å². The second kappa shape index (κ2) is 5.55. The molecule has 6 heteroatoms. The first-order chi connectivity index (χ1) is 9.38. The van der Waals surface area contributed by atoms with Gasteiger partial charge < -0.3 is 10.3 Å². The maximum Gasteiger partial charge on any atom is 0.227 e. The number of hydrogen-bond donors (Lipinski definition) is 1. The molecule has 1 aromatic carbocycles. The minimum atomic E-state index is -3.34. The number of benzene rings is 1. The molecule has 1 saturated carbocycles. The fraction of sp³-hybridized carbons (Fsp3) is 0.571. The molecule has 3 atom stereocenters. The zero-order valence-electron chi connectivity index (χ0n) is 11.7. The Hall–Kier alpha value is -0.770. The summed E-state index contributed by atoms with van der Waals surface area (Å²) in [5.41, 5.74) is 5.98. The van der Waals surface area contributed by atoms with Crippen molar-refractivity contribution in [2.75, 3.05) is 6.61 Å². The van der Waals surface area contributed by atoms with Crippen molar-refractivity contribution in [3.05, 3.63) is 35.4 Å². The quantitative estimate of drug-likeness (QED) is 0.812. The van der Waals surface area contributed by atoms with Crippen LogP contribution in [0.5, 0.6) is 0 Å². The van der Waals surface area contributed by atoms with Crippen molar-refractivity contribution in [2.24, 2.45) is 11.7 Å². The average molecular weight is 303 g/mol. The maximum absolute atomic E-state index is 13.8. The van der Waals surface area contributed by atoms with Gasteiger partial charge in [-0.1, -0.05) is 19.4 Å². The Kier molecular flexibility index (Phi) is 4.33. The third kappa shape index (κ3) is 2.54. The van der Waals surface area contributed by atoms with Crippen LogP contribution in [0.15, 0.2) is 18.2 Å². The second-order valence-corrected chi connectivity index (χ2v) is 8.00. The maximum atomic E-state index is 13.8. The minimum Gasteiger partial charge on any atom is -0.327 e. The predicted octanol–water partition coefficient (Wildman–Crippen LogP) is 3.86. The van der Waals surface area contributed by atoms with E-state index in [0.717, 1.165) is 18.6 Å². The molecule has 20 heavy (non-hydrogen) atoms. The molecule has 0 heterocycles. The van der Waals surface area contributed by atoms with Gasteiger partial charge in [0.25, 0.3) is 0 Å². The topological polar surface area (TPSA) is 52.3 Å². The lowest BCUT2D eigenvalue weighted by Crippen LogP contribution is -2.27. The Morgan fingerprint density at radius 1 is 1.40 bits per heavy atom. The summed E-state index contributed by atoms with van der Waals surface area (Å²) in [5.74, 6) is -1.32. The van der Waals surface area contributed by atoms with Crippen LogP contribution >= 0.6 is 7.37 Å². The molecule has 2 rings (SSSR count). The molecule has 0 aromatic heterocycles. The lowest BCUT2D eigenvalue weighted by atomic mass is 10.2. The van der Waals surface area contributed by atoms with Crippen LogP contribution in [0.4, 0.5) is 8.78 Å². The fourth-order valence-corrected chi connectivity index (χ4v) is 5.66. The van der Waals surface area contributed by atoms with E-state index in [1.54, 1.807) is 6.92 Å². The first-order valence-corrected chi connectivity index (χ1v) is 8.64. The molecule has 0 bridgehead atoms. The number of halogens is 2. The normalized spacial score (nSPS) is 28.1. The minimum absolute atomic E-state index is 0.0923. The number of rotatable bonds is 6. The van der Waals surface area contributed by atoms with E-state index in [4.69, 9.17) is 10.3 Å². The zero-order valence-corrected chi connectivity index (χ0v) is 12.6. The molecule has 0 spiro atoms. The molecule has 2 N–H and O–H groups in total. The van der Waals surface area contributed by atoms with E-state index in [-0.39, 0.29) is 24.3 Å². The van der Waals surface area contributed by atoms with Gasteiger partial charge in [0.1, 0.15) is 11.6 Å². The highest BCUT2D eigenvalue weighted by Crippen LogP contribution is 2.72. The largest absolute Gasteiger partial charge is 0.327 e. The van der Waals surface area contributed by atoms with E-state index in [0.29, 0.717) is 6.42 Å². The Morgan fingerprint density at radius 3 is 2.45 bits per heavy atom. The molecule has 3 nitrogen and oxygen atoms in total. The Labute approximate surface area is 118 Å². The van der Waals surface area contributed by atoms with Crippen LogP contribution in [-0.2, 0) is 15.3 Å². The highest BCUT2D eigenvalue weighted by Gasteiger charge is 2.62. The van der Waals surface area contributed by atoms with Crippen molar-refractivity contribution in [3.8, 4) is 0 Å². The zero-order chi connectivity index (χ0) is 15.0. The van der Waals surface area contributed by atoms with Gasteiger partial charge in [-0.3, -0.25) is 4.57 Å². The van der Waals surface area contributed by atoms with Crippen LogP contribution in [0.25, 0.3) is 0 Å². The summed E-state index contributed by atoms with van der Waals surface area (Å²) in [4.78, 5) is 0. The average Bonchev–Trinajstić information content (AvgIpc) is 3.08. The Balaban J connectivity index is 2.34. The van der Waals surface area contributed by atoms with Crippen LogP contribution in [0, 0.1) is 17.6 Å². The van der Waals surface area contributed by atoms with E-state index < -0.39 is 24.3 Å². The van der Waals surface area contributed by atoms with Crippen molar-refractivity contribution in [1.82, 2.24) is 0 Å². The molecule has 1 aromatic rings. The van der Waals surface area contributed by atoms with Crippen LogP contribution in [-0.4, -0.2) is 11.9 Å². The predicted molar refractivity (Wildman–Crippen MR) is 74.6 cm³/mol. The van der Waals surface area contributed by atoms with E-state index in [1.165, 1.54) is 6.07 Å². The van der Waals surface area contributed by atoms with Crippen LogP contribution in [0.2, 0.25) is 0 Å². The van der Waals surface area contributed by atoms with Gasteiger partial charge in [-0.2, -0.15) is 0 Å². The summed E-state index contributed by atoms with van der Waals surface area (Å²) >= 11 is 0. The van der Waals surface area contributed by atoms with Gasteiger partial charge >= 0.3 is 0 Å². The number of hydrogen-bond acceptors (Lipinski definition) is 3. The molecule has 112 valence electrons. The molecule has 1 aliphatic rings. The molecule has 0 saturated heterocycles. The Bertz CT molecular complexity index is 532. The molecule has 0 aliphatic heterocycles. The monoisotopic (exact) mass is 303 g/mol. The lowest BCUT2D eigenvalue weighted by molar-refractivity contribution is 0.318. The molecule has 0 radical (unpaired) electrons. The van der Waals surface area contributed by atoms with Crippen molar-refractivity contribution in [1.29, 1.82) is 0 Å². The summed E-state index contributed by atoms with van der Waals surface area (Å²) in [7, 11) is -3.34. The van der Waals surface area contributed by atoms with Crippen molar-refractivity contribution in [3.63, 3.8) is 0 Å². The number of nitrogens with two attached hydrogens (primary N) is 1. The van der Waals surface area contributed by atoms with E-state index in [9.17, 15) is 13.3 Å². The Morgan fingerprint density at radius 2 is 2.00 bits per heavy atom. The summed E-state index contributed by atoms with van der Waals surface area (Å²) < 4.78 is 46.0. The van der Waals surface area contributed by atoms with Gasteiger partial charge in [0, 0.05) is 5.56 Å². The van der Waals surface area contributed by atoms with Gasteiger partial charge in [0.05, 0.1) is 18.0 Å². The molecule has 1 unspecified atom stereocenters. The van der Waals surface area contributed by atoms with Gasteiger partial charge in [0.2, 0.25) is 7.37 Å². The summed E-state index contributed by atoms with van der Waals surface area (Å²) in [5, 5.41) is -0.938. The molecular formula is C14H20F2NO2P. The van der Waals surface area contributed by atoms with Crippen molar-refractivity contribution in [2.45, 2.75) is 38.1 Å². The first kappa shape index (κ1) is 15.6. The summed E-state index contributed by atoms with van der Waals surface area (Å²) in [6.07, 6.45) is 1.08. The van der Waals surface area contributed by atoms with E-state index >= 15 is 0 Å². The SMILES string of the molecule is CCOP(=O)(Cc1c(F)cccc1F)[C@@]1(N)C[C@H]1CC. The van der Waals surface area contributed by atoms with Gasteiger partial charge in [0.15, 0.2) is 0 Å². The smallest absolute Gasteiger partial charge is 0.227 e.